The molecule has 0 aliphatic rings. The van der Waals surface area contributed by atoms with Gasteiger partial charge in [0.2, 0.25) is 12.1 Å². The number of hydrogen-bond donors (Lipinski definition) is 1. The first-order valence-electron chi connectivity index (χ1n) is 6.32. The van der Waals surface area contributed by atoms with Crippen molar-refractivity contribution in [1.82, 2.24) is 4.57 Å². The van der Waals surface area contributed by atoms with Gasteiger partial charge >= 0.3 is 0 Å². The Labute approximate surface area is 125 Å². The van der Waals surface area contributed by atoms with Crippen LogP contribution in [0, 0.1) is 0 Å². The van der Waals surface area contributed by atoms with E-state index in [1.807, 2.05) is 23.3 Å². The number of Topliss-reactive ketones (excluding diaryl/α,β-unsaturated/α-hetero) is 1. The van der Waals surface area contributed by atoms with Crippen LogP contribution in [-0.4, -0.2) is 10.4 Å². The molecule has 0 saturated carbocycles. The first-order chi connectivity index (χ1) is 8.86. The fourth-order valence-electron chi connectivity index (χ4n) is 1.81. The molecule has 0 atom stereocenters. The van der Waals surface area contributed by atoms with Crippen molar-refractivity contribution in [1.29, 1.82) is 0 Å². The molecule has 0 bridgehead atoms. The lowest BCUT2D eigenvalue weighted by atomic mass is 10.1. The second-order valence-corrected chi connectivity index (χ2v) is 5.71. The van der Waals surface area contributed by atoms with Crippen LogP contribution in [0.2, 0.25) is 0 Å². The minimum absolute atomic E-state index is 0. The highest BCUT2D eigenvalue weighted by Crippen LogP contribution is 2.11. The van der Waals surface area contributed by atoms with Gasteiger partial charge in [0, 0.05) is 11.3 Å². The quantitative estimate of drug-likeness (QED) is 0.448. The van der Waals surface area contributed by atoms with Crippen molar-refractivity contribution in [3.8, 4) is 0 Å². The summed E-state index contributed by atoms with van der Waals surface area (Å²) in [6, 6.07) is 7.02. The number of anilines is 1. The number of hydrogen-bond acceptors (Lipinski definition) is 2. The summed E-state index contributed by atoms with van der Waals surface area (Å²) < 4.78 is 3.98. The van der Waals surface area contributed by atoms with Crippen LogP contribution < -0.4 is 22.7 Å². The Morgan fingerprint density at radius 1 is 1.25 bits per heavy atom. The molecule has 0 aliphatic carbocycles. The summed E-state index contributed by atoms with van der Waals surface area (Å²) >= 11 is 0. The average Bonchev–Trinajstić information content (AvgIpc) is 2.78. The maximum atomic E-state index is 12.1. The number of aromatic nitrogens is 2. The summed E-state index contributed by atoms with van der Waals surface area (Å²) in [7, 11) is 0. The lowest BCUT2D eigenvalue weighted by molar-refractivity contribution is -0.682. The zero-order valence-corrected chi connectivity index (χ0v) is 12.8. The predicted octanol–water partition coefficient (Wildman–Crippen LogP) is -1.00. The number of nitrogen functional groups attached to an aromatic ring is 1. The van der Waals surface area contributed by atoms with Gasteiger partial charge in [-0.3, -0.25) is 4.79 Å². The van der Waals surface area contributed by atoms with Gasteiger partial charge in [0.1, 0.15) is 17.9 Å². The molecule has 2 rings (SSSR count). The number of nitrogens with two attached hydrogens (primary N) is 1. The molecule has 20 heavy (non-hydrogen) atoms. The molecule has 1 aromatic heterocycles. The minimum Gasteiger partial charge on any atom is -1.00 e. The maximum absolute atomic E-state index is 12.1. The Bertz CT molecular complexity index is 582. The van der Waals surface area contributed by atoms with Crippen molar-refractivity contribution in [2.24, 2.45) is 0 Å². The van der Waals surface area contributed by atoms with Crippen LogP contribution in [0.25, 0.3) is 0 Å². The lowest BCUT2D eigenvalue weighted by Gasteiger charge is -2.13. The van der Waals surface area contributed by atoms with E-state index in [2.05, 4.69) is 25.3 Å². The van der Waals surface area contributed by atoms with Gasteiger partial charge < -0.3 is 18.1 Å². The fraction of sp³-hybridized carbons (Fsp3) is 0.333. The Kier molecular flexibility index (Phi) is 4.95. The first-order valence-corrected chi connectivity index (χ1v) is 6.32. The molecule has 5 heteroatoms. The molecule has 0 aliphatic heterocycles. The third-order valence-electron chi connectivity index (χ3n) is 3.02. The molecule has 2 N–H and O–H groups in total. The number of carbonyl (C=O) groups excluding carboxylic acids is 1. The van der Waals surface area contributed by atoms with Crippen LogP contribution in [0.15, 0.2) is 43.0 Å². The zero-order chi connectivity index (χ0) is 14.0. The SMILES string of the molecule is CC(C)(C)n1cc[n+](CC(=O)c2ccc(N)cc2)c1.[Cl-]. The summed E-state index contributed by atoms with van der Waals surface area (Å²) in [6.07, 6.45) is 5.85. The number of carbonyl (C=O) groups is 1. The first kappa shape index (κ1) is 16.2. The fourth-order valence-corrected chi connectivity index (χ4v) is 1.81. The number of imidazole rings is 1. The molecule has 1 aromatic carbocycles. The van der Waals surface area contributed by atoms with E-state index in [1.54, 1.807) is 24.3 Å². The third-order valence-corrected chi connectivity index (χ3v) is 3.02. The van der Waals surface area contributed by atoms with Crippen molar-refractivity contribution >= 4 is 11.5 Å². The van der Waals surface area contributed by atoms with Crippen molar-refractivity contribution in [2.75, 3.05) is 5.73 Å². The summed E-state index contributed by atoms with van der Waals surface area (Å²) in [5.74, 6) is 0.0802. The molecular weight excluding hydrogens is 274 g/mol. The van der Waals surface area contributed by atoms with Gasteiger partial charge in [0.05, 0.1) is 0 Å². The summed E-state index contributed by atoms with van der Waals surface area (Å²) in [6.45, 7) is 6.71. The van der Waals surface area contributed by atoms with Crippen LogP contribution in [0.3, 0.4) is 0 Å². The van der Waals surface area contributed by atoms with Gasteiger partial charge in [0.15, 0.2) is 6.54 Å². The minimum atomic E-state index is 0. The summed E-state index contributed by atoms with van der Waals surface area (Å²) in [4.78, 5) is 12.1. The Balaban J connectivity index is 0.00000200. The molecule has 0 saturated heterocycles. The Morgan fingerprint density at radius 2 is 1.85 bits per heavy atom. The molecule has 0 spiro atoms. The predicted molar refractivity (Wildman–Crippen MR) is 74.8 cm³/mol. The van der Waals surface area contributed by atoms with Gasteiger partial charge in [-0.25, -0.2) is 9.13 Å². The van der Waals surface area contributed by atoms with Gasteiger partial charge in [0.25, 0.3) is 0 Å². The summed E-state index contributed by atoms with van der Waals surface area (Å²) in [5, 5.41) is 0. The zero-order valence-electron chi connectivity index (χ0n) is 12.0. The average molecular weight is 294 g/mol. The second kappa shape index (κ2) is 6.09. The molecule has 4 nitrogen and oxygen atoms in total. The Morgan fingerprint density at radius 3 is 2.35 bits per heavy atom. The normalized spacial score (nSPS) is 10.9. The number of nitrogens with zero attached hydrogens (tertiary/aromatic N) is 2. The molecular formula is C15H20ClN3O. The van der Waals surface area contributed by atoms with Gasteiger partial charge in [-0.1, -0.05) is 0 Å². The smallest absolute Gasteiger partial charge is 0.244 e. The van der Waals surface area contributed by atoms with Crippen LogP contribution in [-0.2, 0) is 12.1 Å². The molecule has 0 radical (unpaired) electrons. The molecule has 0 unspecified atom stereocenters. The van der Waals surface area contributed by atoms with E-state index in [4.69, 9.17) is 5.73 Å². The topological polar surface area (TPSA) is 51.9 Å². The van der Waals surface area contributed by atoms with Crippen molar-refractivity contribution in [3.63, 3.8) is 0 Å². The van der Waals surface area contributed by atoms with E-state index in [0.717, 1.165) is 0 Å². The maximum Gasteiger partial charge on any atom is 0.244 e. The number of rotatable bonds is 3. The van der Waals surface area contributed by atoms with Gasteiger partial charge in [-0.15, -0.1) is 0 Å². The van der Waals surface area contributed by atoms with Gasteiger partial charge in [-0.05, 0) is 45.0 Å². The second-order valence-electron chi connectivity index (χ2n) is 5.71. The molecule has 0 fully saturated rings. The highest BCUT2D eigenvalue weighted by molar-refractivity contribution is 5.95. The van der Waals surface area contributed by atoms with E-state index in [1.165, 1.54) is 0 Å². The third kappa shape index (κ3) is 3.84. The van der Waals surface area contributed by atoms with Crippen LogP contribution >= 0.6 is 0 Å². The van der Waals surface area contributed by atoms with Crippen molar-refractivity contribution in [3.05, 3.63) is 48.5 Å². The van der Waals surface area contributed by atoms with E-state index >= 15 is 0 Å². The number of halogens is 1. The van der Waals surface area contributed by atoms with E-state index in [-0.39, 0.29) is 23.7 Å². The van der Waals surface area contributed by atoms with Crippen LogP contribution in [0.4, 0.5) is 5.69 Å². The molecule has 108 valence electrons. The van der Waals surface area contributed by atoms with Crippen molar-refractivity contribution < 1.29 is 21.8 Å². The molecule has 1 heterocycles. The molecule has 0 amide bonds. The highest BCUT2D eigenvalue weighted by atomic mass is 35.5. The van der Waals surface area contributed by atoms with E-state index in [9.17, 15) is 4.79 Å². The molecule has 2 aromatic rings. The lowest BCUT2D eigenvalue weighted by Crippen LogP contribution is -3.00. The number of ketones is 1. The van der Waals surface area contributed by atoms with Crippen LogP contribution in [0.5, 0.6) is 0 Å². The highest BCUT2D eigenvalue weighted by Gasteiger charge is 2.20. The van der Waals surface area contributed by atoms with Crippen LogP contribution in [0.1, 0.15) is 31.1 Å². The summed E-state index contributed by atoms with van der Waals surface area (Å²) in [5.41, 5.74) is 6.99. The monoisotopic (exact) mass is 293 g/mol. The number of benzene rings is 1. The standard InChI is InChI=1S/C15H19N3O.ClH/c1-15(2,3)18-9-8-17(11-18)10-14(19)12-4-6-13(16)7-5-12;/h4-9,11H,10H2,1-3H3,(H-,16,19);1H. The van der Waals surface area contributed by atoms with E-state index < -0.39 is 0 Å². The largest absolute Gasteiger partial charge is 1.00 e. The Hall–Kier alpha value is -1.81. The van der Waals surface area contributed by atoms with E-state index in [0.29, 0.717) is 17.8 Å². The van der Waals surface area contributed by atoms with Gasteiger partial charge in [-0.2, -0.15) is 0 Å². The van der Waals surface area contributed by atoms with Crippen molar-refractivity contribution in [2.45, 2.75) is 32.9 Å².